The zero-order chi connectivity index (χ0) is 17.5. The highest BCUT2D eigenvalue weighted by atomic mass is 16.5. The Kier molecular flexibility index (Phi) is 4.26. The minimum absolute atomic E-state index is 0.0621. The van der Waals surface area contributed by atoms with Crippen molar-refractivity contribution in [2.45, 2.75) is 45.6 Å². The number of aliphatic hydroxyl groups is 1. The normalized spacial score (nSPS) is 26.7. The van der Waals surface area contributed by atoms with Gasteiger partial charge in [-0.3, -0.25) is 9.59 Å². The fraction of sp³-hybridized carbons (Fsp3) is 0.579. The Labute approximate surface area is 142 Å². The number of hydrogen-bond acceptors (Lipinski definition) is 4. The second-order valence-corrected chi connectivity index (χ2v) is 7.18. The number of ketones is 1. The molecule has 2 fully saturated rings. The van der Waals surface area contributed by atoms with Gasteiger partial charge in [0, 0.05) is 44.7 Å². The van der Waals surface area contributed by atoms with Gasteiger partial charge < -0.3 is 14.7 Å². The molecule has 2 saturated heterocycles. The molecule has 24 heavy (non-hydrogen) atoms. The summed E-state index contributed by atoms with van der Waals surface area (Å²) in [7, 11) is 0. The van der Waals surface area contributed by atoms with E-state index in [0.29, 0.717) is 26.1 Å². The number of aryl methyl sites for hydroxylation is 2. The maximum absolute atomic E-state index is 12.8. The zero-order valence-electron chi connectivity index (χ0n) is 14.6. The topological polar surface area (TPSA) is 66.8 Å². The van der Waals surface area contributed by atoms with Gasteiger partial charge in [-0.05, 0) is 31.9 Å². The summed E-state index contributed by atoms with van der Waals surface area (Å²) in [6, 6.07) is 5.89. The Hall–Kier alpha value is -1.72. The van der Waals surface area contributed by atoms with E-state index in [0.717, 1.165) is 16.8 Å². The van der Waals surface area contributed by atoms with Crippen molar-refractivity contribution in [2.75, 3.05) is 24.7 Å². The molecule has 0 spiro atoms. The third kappa shape index (κ3) is 2.47. The maximum atomic E-state index is 12.8. The Morgan fingerprint density at radius 1 is 1.21 bits per heavy atom. The highest BCUT2D eigenvalue weighted by Gasteiger charge is 2.60. The second kappa shape index (κ2) is 5.97. The van der Waals surface area contributed by atoms with Crippen molar-refractivity contribution in [3.8, 4) is 0 Å². The third-order valence-electron chi connectivity index (χ3n) is 5.78. The lowest BCUT2D eigenvalue weighted by molar-refractivity contribution is -0.162. The van der Waals surface area contributed by atoms with Gasteiger partial charge in [-0.15, -0.1) is 0 Å². The maximum Gasteiger partial charge on any atom is 0.228 e. The van der Waals surface area contributed by atoms with Gasteiger partial charge in [0.2, 0.25) is 5.91 Å². The number of carbonyl (C=O) groups is 2. The molecular weight excluding hydrogens is 306 g/mol. The molecule has 0 saturated carbocycles. The fourth-order valence-corrected chi connectivity index (χ4v) is 4.27. The monoisotopic (exact) mass is 331 g/mol. The molecule has 0 aromatic heterocycles. The average molecular weight is 331 g/mol. The van der Waals surface area contributed by atoms with Crippen LogP contribution < -0.4 is 4.90 Å². The Bertz CT molecular complexity index is 658. The lowest BCUT2D eigenvalue weighted by atomic mass is 9.65. The first-order valence-electron chi connectivity index (χ1n) is 8.48. The van der Waals surface area contributed by atoms with Gasteiger partial charge in [-0.2, -0.15) is 0 Å². The fourth-order valence-electron chi connectivity index (χ4n) is 4.27. The predicted octanol–water partition coefficient (Wildman–Crippen LogP) is 2.16. The predicted molar refractivity (Wildman–Crippen MR) is 91.0 cm³/mol. The van der Waals surface area contributed by atoms with Crippen LogP contribution in [0.4, 0.5) is 5.69 Å². The molecule has 5 heteroatoms. The van der Waals surface area contributed by atoms with Crippen molar-refractivity contribution in [1.29, 1.82) is 0 Å². The van der Waals surface area contributed by atoms with Crippen molar-refractivity contribution >= 4 is 17.4 Å². The number of carbonyl (C=O) groups excluding carboxylic acids is 2. The Balaban J connectivity index is 2.03. The van der Waals surface area contributed by atoms with Crippen LogP contribution in [0.1, 0.15) is 37.3 Å². The molecule has 0 aliphatic carbocycles. The van der Waals surface area contributed by atoms with Crippen LogP contribution in [0.3, 0.4) is 0 Å². The van der Waals surface area contributed by atoms with Crippen LogP contribution in [0.25, 0.3) is 0 Å². The summed E-state index contributed by atoms with van der Waals surface area (Å²) >= 11 is 0. The first-order chi connectivity index (χ1) is 11.3. The highest BCUT2D eigenvalue weighted by molar-refractivity contribution is 6.03. The standard InChI is InChI=1S/C19H25NO4/c1-13-5-4-6-14(2)17(13)20-12-18(15(3)21,11-16(20)22)19(23)7-9-24-10-8-19/h4-6,23H,7-12H2,1-3H3. The molecule has 0 radical (unpaired) electrons. The molecule has 1 unspecified atom stereocenters. The zero-order valence-corrected chi connectivity index (χ0v) is 14.6. The number of amides is 1. The van der Waals surface area contributed by atoms with Gasteiger partial charge in [0.15, 0.2) is 0 Å². The lowest BCUT2D eigenvalue weighted by Gasteiger charge is -2.45. The van der Waals surface area contributed by atoms with E-state index in [4.69, 9.17) is 4.74 Å². The molecule has 1 amide bonds. The number of para-hydroxylation sites is 1. The molecule has 130 valence electrons. The van der Waals surface area contributed by atoms with E-state index in [-0.39, 0.29) is 24.7 Å². The third-order valence-corrected chi connectivity index (χ3v) is 5.78. The van der Waals surface area contributed by atoms with Crippen molar-refractivity contribution in [1.82, 2.24) is 0 Å². The largest absolute Gasteiger partial charge is 0.389 e. The lowest BCUT2D eigenvalue weighted by Crippen LogP contribution is -2.56. The minimum Gasteiger partial charge on any atom is -0.389 e. The van der Waals surface area contributed by atoms with Crippen LogP contribution in [0, 0.1) is 19.3 Å². The molecule has 3 rings (SSSR count). The van der Waals surface area contributed by atoms with Crippen LogP contribution >= 0.6 is 0 Å². The summed E-state index contributed by atoms with van der Waals surface area (Å²) in [4.78, 5) is 27.1. The number of nitrogens with zero attached hydrogens (tertiary/aromatic N) is 1. The average Bonchev–Trinajstić information content (AvgIpc) is 2.87. The van der Waals surface area contributed by atoms with Crippen molar-refractivity contribution in [2.24, 2.45) is 5.41 Å². The van der Waals surface area contributed by atoms with Gasteiger partial charge in [-0.1, -0.05) is 18.2 Å². The molecule has 2 aliphatic rings. The molecule has 2 heterocycles. The van der Waals surface area contributed by atoms with Crippen LogP contribution in [0.5, 0.6) is 0 Å². The Morgan fingerprint density at radius 3 is 2.33 bits per heavy atom. The van der Waals surface area contributed by atoms with E-state index in [9.17, 15) is 14.7 Å². The number of Topliss-reactive ketones (excluding diaryl/α,β-unsaturated/α-hetero) is 1. The van der Waals surface area contributed by atoms with E-state index in [1.165, 1.54) is 6.92 Å². The summed E-state index contributed by atoms with van der Waals surface area (Å²) in [6.07, 6.45) is 0.841. The van der Waals surface area contributed by atoms with Crippen LogP contribution in [0.2, 0.25) is 0 Å². The quantitative estimate of drug-likeness (QED) is 0.922. The minimum atomic E-state index is -1.18. The summed E-state index contributed by atoms with van der Waals surface area (Å²) in [6.45, 7) is 6.50. The molecule has 1 N–H and O–H groups in total. The molecule has 2 aliphatic heterocycles. The Morgan fingerprint density at radius 2 is 1.79 bits per heavy atom. The van der Waals surface area contributed by atoms with Crippen LogP contribution in [-0.4, -0.2) is 42.2 Å². The van der Waals surface area contributed by atoms with E-state index >= 15 is 0 Å². The molecule has 1 atom stereocenters. The van der Waals surface area contributed by atoms with Gasteiger partial charge >= 0.3 is 0 Å². The van der Waals surface area contributed by atoms with Gasteiger partial charge in [0.25, 0.3) is 0 Å². The first-order valence-corrected chi connectivity index (χ1v) is 8.48. The van der Waals surface area contributed by atoms with E-state index < -0.39 is 11.0 Å². The first kappa shape index (κ1) is 17.1. The summed E-state index contributed by atoms with van der Waals surface area (Å²) < 4.78 is 5.36. The number of benzene rings is 1. The number of ether oxygens (including phenoxy) is 1. The molecular formula is C19H25NO4. The molecule has 5 nitrogen and oxygen atoms in total. The summed E-state index contributed by atoms with van der Waals surface area (Å²) in [5.74, 6) is -0.212. The van der Waals surface area contributed by atoms with Crippen molar-refractivity contribution < 1.29 is 19.4 Å². The molecule has 0 bridgehead atoms. The summed E-state index contributed by atoms with van der Waals surface area (Å²) in [5, 5.41) is 11.2. The van der Waals surface area contributed by atoms with E-state index in [1.54, 1.807) is 4.90 Å². The SMILES string of the molecule is CC(=O)C1(C2(O)CCOCC2)CC(=O)N(c2c(C)cccc2C)C1. The van der Waals surface area contributed by atoms with E-state index in [2.05, 4.69) is 0 Å². The van der Waals surface area contributed by atoms with Crippen molar-refractivity contribution in [3.63, 3.8) is 0 Å². The van der Waals surface area contributed by atoms with Gasteiger partial charge in [-0.25, -0.2) is 0 Å². The van der Waals surface area contributed by atoms with E-state index in [1.807, 2.05) is 32.0 Å². The molecule has 1 aromatic rings. The molecule has 1 aromatic carbocycles. The van der Waals surface area contributed by atoms with Gasteiger partial charge in [0.1, 0.15) is 5.78 Å². The number of anilines is 1. The number of rotatable bonds is 3. The van der Waals surface area contributed by atoms with Crippen molar-refractivity contribution in [3.05, 3.63) is 29.3 Å². The van der Waals surface area contributed by atoms with Crippen LogP contribution in [0.15, 0.2) is 18.2 Å². The summed E-state index contributed by atoms with van der Waals surface area (Å²) in [5.41, 5.74) is 0.630. The highest BCUT2D eigenvalue weighted by Crippen LogP contribution is 2.48. The second-order valence-electron chi connectivity index (χ2n) is 7.18. The van der Waals surface area contributed by atoms with Crippen LogP contribution in [-0.2, 0) is 14.3 Å². The smallest absolute Gasteiger partial charge is 0.228 e. The van der Waals surface area contributed by atoms with Gasteiger partial charge in [0.05, 0.1) is 11.0 Å². The number of hydrogen-bond donors (Lipinski definition) is 1.